The fraction of sp³-hybridized carbons (Fsp3) is 0.273. The summed E-state index contributed by atoms with van der Waals surface area (Å²) in [6, 6.07) is 16.6. The number of carbonyl (C=O) groups is 2. The molecule has 2 amide bonds. The Morgan fingerprint density at radius 2 is 1.86 bits per heavy atom. The Labute approximate surface area is 174 Å². The van der Waals surface area contributed by atoms with E-state index < -0.39 is 6.04 Å². The van der Waals surface area contributed by atoms with E-state index in [0.717, 1.165) is 16.9 Å². The average Bonchev–Trinajstić information content (AvgIpc) is 3.03. The van der Waals surface area contributed by atoms with Crippen molar-refractivity contribution in [2.24, 2.45) is 15.9 Å². The molecule has 0 fully saturated rings. The summed E-state index contributed by atoms with van der Waals surface area (Å²) in [5.74, 6) is 0.929. The summed E-state index contributed by atoms with van der Waals surface area (Å²) in [6.07, 6.45) is 0.688. The molecule has 29 heavy (non-hydrogen) atoms. The maximum atomic E-state index is 13.0. The molecule has 0 aromatic heterocycles. The number of nitrogens with one attached hydrogen (secondary N) is 1. The third-order valence-corrected chi connectivity index (χ3v) is 5.57. The van der Waals surface area contributed by atoms with Crippen LogP contribution in [0.2, 0.25) is 0 Å². The van der Waals surface area contributed by atoms with Crippen LogP contribution in [-0.2, 0) is 9.59 Å². The van der Waals surface area contributed by atoms with Gasteiger partial charge in [0.15, 0.2) is 5.17 Å². The number of amidine groups is 2. The SMILES string of the molecule is CC(C)CC1N=C2c3ccccc3N=C(SCC(=O)Nc3ccccc3)N2C1=O. The molecule has 2 aromatic carbocycles. The Hall–Kier alpha value is -2.93. The van der Waals surface area contributed by atoms with Crippen LogP contribution in [0.3, 0.4) is 0 Å². The monoisotopic (exact) mass is 406 g/mol. The van der Waals surface area contributed by atoms with E-state index in [1.165, 1.54) is 11.8 Å². The van der Waals surface area contributed by atoms with Crippen LogP contribution in [0.1, 0.15) is 25.8 Å². The Morgan fingerprint density at radius 3 is 2.62 bits per heavy atom. The number of para-hydroxylation sites is 2. The quantitative estimate of drug-likeness (QED) is 0.814. The van der Waals surface area contributed by atoms with Gasteiger partial charge < -0.3 is 5.32 Å². The summed E-state index contributed by atoms with van der Waals surface area (Å²) >= 11 is 1.25. The third kappa shape index (κ3) is 4.10. The Morgan fingerprint density at radius 1 is 1.14 bits per heavy atom. The van der Waals surface area contributed by atoms with Crippen molar-refractivity contribution in [1.82, 2.24) is 4.90 Å². The predicted molar refractivity (Wildman–Crippen MR) is 118 cm³/mol. The largest absolute Gasteiger partial charge is 0.325 e. The van der Waals surface area contributed by atoms with E-state index in [9.17, 15) is 9.59 Å². The van der Waals surface area contributed by atoms with E-state index in [2.05, 4.69) is 24.2 Å². The fourth-order valence-electron chi connectivity index (χ4n) is 3.35. The molecular weight excluding hydrogens is 384 g/mol. The van der Waals surface area contributed by atoms with Gasteiger partial charge in [-0.3, -0.25) is 14.6 Å². The lowest BCUT2D eigenvalue weighted by atomic mass is 10.0. The number of carbonyl (C=O) groups excluding carboxylic acids is 2. The van der Waals surface area contributed by atoms with Crippen LogP contribution in [0.5, 0.6) is 0 Å². The number of amides is 2. The molecule has 0 bridgehead atoms. The standard InChI is InChI=1S/C22H22N4O2S/c1-14(2)12-18-21(28)26-20(24-18)16-10-6-7-11-17(16)25-22(26)29-13-19(27)23-15-8-4-3-5-9-15/h3-11,14,18H,12-13H2,1-2H3,(H,23,27). The molecule has 2 aliphatic heterocycles. The minimum Gasteiger partial charge on any atom is -0.325 e. The van der Waals surface area contributed by atoms with E-state index in [1.54, 1.807) is 4.90 Å². The molecule has 1 atom stereocenters. The zero-order chi connectivity index (χ0) is 20.4. The first-order valence-corrected chi connectivity index (χ1v) is 10.6. The molecule has 0 aliphatic carbocycles. The minimum atomic E-state index is -0.403. The van der Waals surface area contributed by atoms with Gasteiger partial charge >= 0.3 is 0 Å². The lowest BCUT2D eigenvalue weighted by Crippen LogP contribution is -2.41. The van der Waals surface area contributed by atoms with Gasteiger partial charge in [-0.15, -0.1) is 0 Å². The van der Waals surface area contributed by atoms with Crippen LogP contribution in [0, 0.1) is 5.92 Å². The van der Waals surface area contributed by atoms with Crippen molar-refractivity contribution >= 4 is 46.0 Å². The van der Waals surface area contributed by atoms with Crippen LogP contribution >= 0.6 is 11.8 Å². The van der Waals surface area contributed by atoms with Crippen LogP contribution in [-0.4, -0.2) is 39.5 Å². The van der Waals surface area contributed by atoms with Gasteiger partial charge in [0, 0.05) is 11.3 Å². The Balaban J connectivity index is 1.55. The molecule has 0 radical (unpaired) electrons. The van der Waals surface area contributed by atoms with Crippen molar-refractivity contribution in [3.63, 3.8) is 0 Å². The summed E-state index contributed by atoms with van der Waals surface area (Å²) < 4.78 is 0. The normalized spacial score (nSPS) is 17.6. The molecule has 0 spiro atoms. The van der Waals surface area contributed by atoms with Crippen LogP contribution in [0.15, 0.2) is 64.6 Å². The van der Waals surface area contributed by atoms with Gasteiger partial charge in [0.05, 0.1) is 11.4 Å². The highest BCUT2D eigenvalue weighted by atomic mass is 32.2. The number of benzene rings is 2. The van der Waals surface area contributed by atoms with Crippen molar-refractivity contribution in [1.29, 1.82) is 0 Å². The molecule has 2 aromatic rings. The van der Waals surface area contributed by atoms with E-state index in [-0.39, 0.29) is 17.6 Å². The zero-order valence-corrected chi connectivity index (χ0v) is 17.1. The zero-order valence-electron chi connectivity index (χ0n) is 16.3. The van der Waals surface area contributed by atoms with Crippen molar-refractivity contribution in [3.05, 3.63) is 60.2 Å². The number of fused-ring (bicyclic) bond motifs is 3. The fourth-order valence-corrected chi connectivity index (χ4v) is 4.15. The van der Waals surface area contributed by atoms with E-state index in [4.69, 9.17) is 4.99 Å². The van der Waals surface area contributed by atoms with Gasteiger partial charge in [0.2, 0.25) is 5.91 Å². The van der Waals surface area contributed by atoms with Crippen molar-refractivity contribution < 1.29 is 9.59 Å². The highest BCUT2D eigenvalue weighted by molar-refractivity contribution is 8.14. The van der Waals surface area contributed by atoms with Gasteiger partial charge in [-0.1, -0.05) is 55.9 Å². The first kappa shape index (κ1) is 19.4. The maximum Gasteiger partial charge on any atom is 0.259 e. The first-order chi connectivity index (χ1) is 14.0. The average molecular weight is 407 g/mol. The van der Waals surface area contributed by atoms with Gasteiger partial charge in [-0.25, -0.2) is 9.89 Å². The molecule has 2 aliphatic rings. The summed E-state index contributed by atoms with van der Waals surface area (Å²) in [5, 5.41) is 3.36. The maximum absolute atomic E-state index is 13.0. The number of rotatable bonds is 5. The lowest BCUT2D eigenvalue weighted by molar-refractivity contribution is -0.125. The number of hydrogen-bond acceptors (Lipinski definition) is 5. The van der Waals surface area contributed by atoms with E-state index >= 15 is 0 Å². The lowest BCUT2D eigenvalue weighted by Gasteiger charge is -2.25. The molecule has 4 rings (SSSR count). The second-order valence-electron chi connectivity index (χ2n) is 7.39. The number of nitrogens with zero attached hydrogens (tertiary/aromatic N) is 3. The highest BCUT2D eigenvalue weighted by Gasteiger charge is 2.41. The highest BCUT2D eigenvalue weighted by Crippen LogP contribution is 2.34. The second-order valence-corrected chi connectivity index (χ2v) is 8.33. The van der Waals surface area contributed by atoms with Crippen molar-refractivity contribution in [3.8, 4) is 0 Å². The number of thioether (sulfide) groups is 1. The first-order valence-electron chi connectivity index (χ1n) is 9.60. The summed E-state index contributed by atoms with van der Waals surface area (Å²) in [4.78, 5) is 36.4. The Kier molecular flexibility index (Phi) is 5.49. The van der Waals surface area contributed by atoms with Gasteiger partial charge in [-0.2, -0.15) is 0 Å². The summed E-state index contributed by atoms with van der Waals surface area (Å²) in [5.41, 5.74) is 2.36. The van der Waals surface area contributed by atoms with Crippen LogP contribution < -0.4 is 5.32 Å². The van der Waals surface area contributed by atoms with Crippen molar-refractivity contribution in [2.75, 3.05) is 11.1 Å². The topological polar surface area (TPSA) is 74.1 Å². The number of hydrogen-bond donors (Lipinski definition) is 1. The summed E-state index contributed by atoms with van der Waals surface area (Å²) in [6.45, 7) is 4.16. The molecule has 0 saturated heterocycles. The smallest absolute Gasteiger partial charge is 0.259 e. The predicted octanol–water partition coefficient (Wildman–Crippen LogP) is 4.06. The molecule has 148 valence electrons. The minimum absolute atomic E-state index is 0.0714. The van der Waals surface area contributed by atoms with Crippen LogP contribution in [0.25, 0.3) is 0 Å². The summed E-state index contributed by atoms with van der Waals surface area (Å²) in [7, 11) is 0. The van der Waals surface area contributed by atoms with E-state index in [0.29, 0.717) is 23.3 Å². The van der Waals surface area contributed by atoms with Gasteiger partial charge in [0.25, 0.3) is 5.91 Å². The molecular formula is C22H22N4O2S. The van der Waals surface area contributed by atoms with Gasteiger partial charge in [-0.05, 0) is 36.6 Å². The van der Waals surface area contributed by atoms with E-state index in [1.807, 2.05) is 54.6 Å². The molecule has 0 saturated carbocycles. The molecule has 1 unspecified atom stereocenters. The third-order valence-electron chi connectivity index (χ3n) is 4.63. The molecule has 1 N–H and O–H groups in total. The molecule has 2 heterocycles. The van der Waals surface area contributed by atoms with Crippen molar-refractivity contribution in [2.45, 2.75) is 26.3 Å². The number of anilines is 1. The van der Waals surface area contributed by atoms with Crippen LogP contribution in [0.4, 0.5) is 11.4 Å². The molecule has 7 heteroatoms. The van der Waals surface area contributed by atoms with Gasteiger partial charge in [0.1, 0.15) is 11.9 Å². The number of aliphatic imine (C=N–C) groups is 2. The molecule has 6 nitrogen and oxygen atoms in total. The Bertz CT molecular complexity index is 1000. The second kappa shape index (κ2) is 8.21.